The average Bonchev–Trinajstić information content (AvgIpc) is 2.53. The maximum absolute atomic E-state index is 10.3. The Morgan fingerprint density at radius 2 is 1.75 bits per heavy atom. The Morgan fingerprint density at radius 3 is 2.35 bits per heavy atom. The molecule has 2 aromatic carbocycles. The zero-order chi connectivity index (χ0) is 14.4. The predicted molar refractivity (Wildman–Crippen MR) is 84.2 cm³/mol. The number of nitrogens with one attached hydrogen (secondary N) is 1. The highest BCUT2D eigenvalue weighted by Gasteiger charge is 2.15. The van der Waals surface area contributed by atoms with Gasteiger partial charge in [-0.2, -0.15) is 0 Å². The van der Waals surface area contributed by atoms with E-state index in [1.54, 1.807) is 0 Å². The van der Waals surface area contributed by atoms with Crippen LogP contribution in [-0.2, 0) is 6.54 Å². The van der Waals surface area contributed by atoms with Crippen LogP contribution < -0.4 is 5.32 Å². The van der Waals surface area contributed by atoms with Gasteiger partial charge in [-0.1, -0.05) is 67.3 Å². The predicted octanol–water partition coefficient (Wildman–Crippen LogP) is 3.54. The number of rotatable bonds is 6. The summed E-state index contributed by atoms with van der Waals surface area (Å²) in [5.41, 5.74) is 3.25. The lowest BCUT2D eigenvalue weighted by molar-refractivity contribution is 0.135. The summed E-state index contributed by atoms with van der Waals surface area (Å²) in [6.45, 7) is 6.48. The molecular formula is C18H21NO. The van der Waals surface area contributed by atoms with Crippen molar-refractivity contribution in [3.63, 3.8) is 0 Å². The number of aliphatic hydroxyl groups excluding tert-OH is 1. The Balaban J connectivity index is 1.91. The topological polar surface area (TPSA) is 32.3 Å². The van der Waals surface area contributed by atoms with Gasteiger partial charge < -0.3 is 10.4 Å². The number of benzene rings is 2. The summed E-state index contributed by atoms with van der Waals surface area (Å²) in [6, 6.07) is 18.0. The van der Waals surface area contributed by atoms with Crippen molar-refractivity contribution in [3.8, 4) is 0 Å². The van der Waals surface area contributed by atoms with Crippen molar-refractivity contribution >= 4 is 6.08 Å². The molecule has 0 radical (unpaired) electrons. The van der Waals surface area contributed by atoms with Crippen molar-refractivity contribution in [3.05, 3.63) is 77.9 Å². The lowest BCUT2D eigenvalue weighted by atomic mass is 10.0. The molecule has 2 atom stereocenters. The van der Waals surface area contributed by atoms with Crippen LogP contribution in [0.2, 0.25) is 0 Å². The van der Waals surface area contributed by atoms with E-state index < -0.39 is 6.10 Å². The fraction of sp³-hybridized carbons (Fsp3) is 0.222. The van der Waals surface area contributed by atoms with Crippen molar-refractivity contribution in [2.75, 3.05) is 0 Å². The number of hydrogen-bond donors (Lipinski definition) is 2. The zero-order valence-electron chi connectivity index (χ0n) is 11.8. The monoisotopic (exact) mass is 267 g/mol. The minimum absolute atomic E-state index is 0.00326. The molecule has 0 amide bonds. The summed E-state index contributed by atoms with van der Waals surface area (Å²) < 4.78 is 0. The molecule has 104 valence electrons. The van der Waals surface area contributed by atoms with Crippen molar-refractivity contribution in [2.24, 2.45) is 0 Å². The molecule has 2 nitrogen and oxygen atoms in total. The van der Waals surface area contributed by atoms with Gasteiger partial charge in [-0.15, -0.1) is 0 Å². The van der Waals surface area contributed by atoms with Crippen LogP contribution in [0.1, 0.15) is 29.7 Å². The van der Waals surface area contributed by atoms with Crippen LogP contribution in [0.15, 0.2) is 61.2 Å². The molecule has 2 aromatic rings. The molecule has 0 heterocycles. The Labute approximate surface area is 120 Å². The van der Waals surface area contributed by atoms with Crippen molar-refractivity contribution in [1.82, 2.24) is 5.32 Å². The molecule has 20 heavy (non-hydrogen) atoms. The smallest absolute Gasteiger partial charge is 0.0940 e. The van der Waals surface area contributed by atoms with Crippen molar-refractivity contribution < 1.29 is 5.11 Å². The van der Waals surface area contributed by atoms with Gasteiger partial charge in [0.25, 0.3) is 0 Å². The standard InChI is InChI=1S/C18H21NO/c1-3-15-9-11-16(12-10-15)13-19-14(2)18(20)17-7-5-4-6-8-17/h3-12,14,18-20H,1,13H2,2H3/t14-,18-/m1/s1. The van der Waals surface area contributed by atoms with Crippen LogP contribution >= 0.6 is 0 Å². The molecule has 0 aliphatic carbocycles. The summed E-state index contributed by atoms with van der Waals surface area (Å²) in [6.07, 6.45) is 1.34. The van der Waals surface area contributed by atoms with Gasteiger partial charge in [0, 0.05) is 12.6 Å². The van der Waals surface area contributed by atoms with Crippen molar-refractivity contribution in [1.29, 1.82) is 0 Å². The SMILES string of the molecule is C=Cc1ccc(CN[C@H](C)[C@@H](O)c2ccccc2)cc1. The summed E-state index contributed by atoms with van der Waals surface area (Å²) in [4.78, 5) is 0. The van der Waals surface area contributed by atoms with Crippen LogP contribution in [0.4, 0.5) is 0 Å². The summed E-state index contributed by atoms with van der Waals surface area (Å²) in [5, 5.41) is 13.6. The molecule has 0 fully saturated rings. The third-order valence-electron chi connectivity index (χ3n) is 3.46. The molecule has 0 aromatic heterocycles. The van der Waals surface area contributed by atoms with Gasteiger partial charge in [0.05, 0.1) is 6.10 Å². The first kappa shape index (κ1) is 14.5. The molecule has 2 rings (SSSR count). The maximum Gasteiger partial charge on any atom is 0.0940 e. The third-order valence-corrected chi connectivity index (χ3v) is 3.46. The molecule has 0 saturated carbocycles. The van der Waals surface area contributed by atoms with Crippen LogP contribution in [0.5, 0.6) is 0 Å². The fourth-order valence-corrected chi connectivity index (χ4v) is 2.10. The van der Waals surface area contributed by atoms with Gasteiger partial charge in [0.1, 0.15) is 0 Å². The van der Waals surface area contributed by atoms with Crippen LogP contribution in [0.25, 0.3) is 6.08 Å². The summed E-state index contributed by atoms with van der Waals surface area (Å²) in [5.74, 6) is 0. The highest BCUT2D eigenvalue weighted by molar-refractivity contribution is 5.47. The Bertz CT molecular complexity index is 533. The average molecular weight is 267 g/mol. The molecule has 0 spiro atoms. The van der Waals surface area contributed by atoms with Gasteiger partial charge in [-0.05, 0) is 23.6 Å². The van der Waals surface area contributed by atoms with E-state index in [1.807, 2.05) is 55.5 Å². The first-order valence-electron chi connectivity index (χ1n) is 6.88. The highest BCUT2D eigenvalue weighted by Crippen LogP contribution is 2.16. The van der Waals surface area contributed by atoms with Gasteiger partial charge in [0.15, 0.2) is 0 Å². The zero-order valence-corrected chi connectivity index (χ0v) is 11.8. The molecule has 0 unspecified atom stereocenters. The lowest BCUT2D eigenvalue weighted by Gasteiger charge is -2.20. The van der Waals surface area contributed by atoms with Gasteiger partial charge >= 0.3 is 0 Å². The Kier molecular flexibility index (Phi) is 5.10. The Hall–Kier alpha value is -1.90. The van der Waals surface area contributed by atoms with Crippen LogP contribution in [-0.4, -0.2) is 11.1 Å². The van der Waals surface area contributed by atoms with Crippen molar-refractivity contribution in [2.45, 2.75) is 25.6 Å². The maximum atomic E-state index is 10.3. The molecular weight excluding hydrogens is 246 g/mol. The van der Waals surface area contributed by atoms with E-state index >= 15 is 0 Å². The minimum Gasteiger partial charge on any atom is -0.387 e. The van der Waals surface area contributed by atoms with E-state index in [-0.39, 0.29) is 6.04 Å². The third kappa shape index (κ3) is 3.80. The quantitative estimate of drug-likeness (QED) is 0.839. The first-order chi connectivity index (χ1) is 9.70. The second kappa shape index (κ2) is 7.04. The molecule has 0 saturated heterocycles. The second-order valence-corrected chi connectivity index (χ2v) is 4.97. The minimum atomic E-state index is -0.497. The van der Waals surface area contributed by atoms with E-state index in [0.29, 0.717) is 0 Å². The number of aliphatic hydroxyl groups is 1. The lowest BCUT2D eigenvalue weighted by Crippen LogP contribution is -2.31. The molecule has 2 heteroatoms. The van der Waals surface area contributed by atoms with Gasteiger partial charge in [-0.25, -0.2) is 0 Å². The van der Waals surface area contributed by atoms with Crippen LogP contribution in [0, 0.1) is 0 Å². The molecule has 0 aliphatic rings. The largest absolute Gasteiger partial charge is 0.387 e. The molecule has 0 aliphatic heterocycles. The first-order valence-corrected chi connectivity index (χ1v) is 6.88. The van der Waals surface area contributed by atoms with E-state index in [1.165, 1.54) is 5.56 Å². The summed E-state index contributed by atoms with van der Waals surface area (Å²) >= 11 is 0. The van der Waals surface area contributed by atoms with E-state index in [0.717, 1.165) is 17.7 Å². The van der Waals surface area contributed by atoms with Gasteiger partial charge in [-0.3, -0.25) is 0 Å². The number of hydrogen-bond acceptors (Lipinski definition) is 2. The van der Waals surface area contributed by atoms with Crippen LogP contribution in [0.3, 0.4) is 0 Å². The fourth-order valence-electron chi connectivity index (χ4n) is 2.10. The van der Waals surface area contributed by atoms with E-state index in [2.05, 4.69) is 24.0 Å². The molecule has 2 N–H and O–H groups in total. The normalized spacial score (nSPS) is 13.7. The van der Waals surface area contributed by atoms with Gasteiger partial charge in [0.2, 0.25) is 0 Å². The Morgan fingerprint density at radius 1 is 1.10 bits per heavy atom. The summed E-state index contributed by atoms with van der Waals surface area (Å²) in [7, 11) is 0. The highest BCUT2D eigenvalue weighted by atomic mass is 16.3. The second-order valence-electron chi connectivity index (χ2n) is 4.97. The molecule has 0 bridgehead atoms. The van der Waals surface area contributed by atoms with E-state index in [9.17, 15) is 5.11 Å². The van der Waals surface area contributed by atoms with E-state index in [4.69, 9.17) is 0 Å².